The van der Waals surface area contributed by atoms with Crippen LogP contribution in [0.3, 0.4) is 0 Å². The lowest BCUT2D eigenvalue weighted by atomic mass is 9.98. The van der Waals surface area contributed by atoms with Crippen LogP contribution in [-0.2, 0) is 20.9 Å². The van der Waals surface area contributed by atoms with E-state index >= 15 is 0 Å². The number of hydrogen-bond acceptors (Lipinski definition) is 5. The predicted molar refractivity (Wildman–Crippen MR) is 149 cm³/mol. The molecule has 6 nitrogen and oxygen atoms in total. The van der Waals surface area contributed by atoms with Crippen molar-refractivity contribution in [3.05, 3.63) is 70.6 Å². The first kappa shape index (κ1) is 26.1. The Bertz CT molecular complexity index is 1200. The second-order valence-corrected chi connectivity index (χ2v) is 10.7. The van der Waals surface area contributed by atoms with E-state index in [1.807, 2.05) is 54.6 Å². The maximum absolute atomic E-state index is 13.6. The highest BCUT2D eigenvalue weighted by Crippen LogP contribution is 2.44. The van der Waals surface area contributed by atoms with Crippen molar-refractivity contribution in [1.29, 1.82) is 0 Å². The standard InChI is InChI=1S/C28H31N3O3S2/c1-3-5-11-19(4-2)17-31-27(34)25(36-28(31)35)24-21-14-9-10-15-22(21)30(26(24)33)18-23(32)29-16-20-12-7-6-8-13-20/h6-10,12-15,19H,3-5,11,16-18H2,1-2H3,(H,29,32). The van der Waals surface area contributed by atoms with Crippen LogP contribution in [0.2, 0.25) is 0 Å². The van der Waals surface area contributed by atoms with Crippen molar-refractivity contribution >= 4 is 57.3 Å². The third-order valence-corrected chi connectivity index (χ3v) is 8.07. The Morgan fingerprint density at radius 1 is 1.00 bits per heavy atom. The van der Waals surface area contributed by atoms with E-state index in [0.29, 0.717) is 45.1 Å². The number of unbranched alkanes of at least 4 members (excludes halogenated alkanes) is 1. The molecule has 8 heteroatoms. The third kappa shape index (κ3) is 5.55. The Balaban J connectivity index is 1.55. The van der Waals surface area contributed by atoms with E-state index in [0.717, 1.165) is 31.2 Å². The van der Waals surface area contributed by atoms with Crippen molar-refractivity contribution in [2.75, 3.05) is 18.0 Å². The van der Waals surface area contributed by atoms with E-state index in [-0.39, 0.29) is 24.3 Å². The first-order chi connectivity index (χ1) is 17.4. The Kier molecular flexibility index (Phi) is 8.59. The van der Waals surface area contributed by atoms with Gasteiger partial charge in [-0.2, -0.15) is 0 Å². The lowest BCUT2D eigenvalue weighted by molar-refractivity contribution is -0.123. The van der Waals surface area contributed by atoms with Crippen molar-refractivity contribution in [3.63, 3.8) is 0 Å². The number of nitrogens with zero attached hydrogens (tertiary/aromatic N) is 2. The SMILES string of the molecule is CCCCC(CC)CN1C(=O)C(=C2C(=O)N(CC(=O)NCc3ccccc3)c3ccccc32)SC1=S. The second-order valence-electron chi connectivity index (χ2n) is 9.08. The summed E-state index contributed by atoms with van der Waals surface area (Å²) in [6.45, 7) is 5.12. The number of thioether (sulfide) groups is 1. The zero-order valence-corrected chi connectivity index (χ0v) is 22.3. The van der Waals surface area contributed by atoms with Crippen molar-refractivity contribution in [1.82, 2.24) is 10.2 Å². The largest absolute Gasteiger partial charge is 0.350 e. The van der Waals surface area contributed by atoms with E-state index in [1.165, 1.54) is 16.7 Å². The van der Waals surface area contributed by atoms with Gasteiger partial charge in [0.05, 0.1) is 16.2 Å². The lowest BCUT2D eigenvalue weighted by Gasteiger charge is -2.21. The zero-order valence-electron chi connectivity index (χ0n) is 20.7. The monoisotopic (exact) mass is 521 g/mol. The van der Waals surface area contributed by atoms with Crippen molar-refractivity contribution in [2.24, 2.45) is 5.92 Å². The minimum Gasteiger partial charge on any atom is -0.350 e. The van der Waals surface area contributed by atoms with Gasteiger partial charge in [-0.1, -0.05) is 106 Å². The summed E-state index contributed by atoms with van der Waals surface area (Å²) in [5, 5.41) is 2.88. The number of anilines is 1. The summed E-state index contributed by atoms with van der Waals surface area (Å²) in [6.07, 6.45) is 4.24. The zero-order chi connectivity index (χ0) is 25.7. The fraction of sp³-hybridized carbons (Fsp3) is 0.357. The van der Waals surface area contributed by atoms with Gasteiger partial charge >= 0.3 is 0 Å². The van der Waals surface area contributed by atoms with Gasteiger partial charge in [0.2, 0.25) is 5.91 Å². The first-order valence-electron chi connectivity index (χ1n) is 12.4. The molecular formula is C28H31N3O3S2. The summed E-state index contributed by atoms with van der Waals surface area (Å²) < 4.78 is 0.488. The van der Waals surface area contributed by atoms with Crippen LogP contribution in [0.15, 0.2) is 59.5 Å². The molecule has 0 radical (unpaired) electrons. The van der Waals surface area contributed by atoms with Crippen LogP contribution in [0.1, 0.15) is 50.7 Å². The molecular weight excluding hydrogens is 490 g/mol. The van der Waals surface area contributed by atoms with Crippen molar-refractivity contribution < 1.29 is 14.4 Å². The molecule has 2 aromatic carbocycles. The molecule has 188 valence electrons. The van der Waals surface area contributed by atoms with Crippen LogP contribution in [0.5, 0.6) is 0 Å². The molecule has 1 unspecified atom stereocenters. The number of carbonyl (C=O) groups excluding carboxylic acids is 3. The van der Waals surface area contributed by atoms with Crippen LogP contribution < -0.4 is 10.2 Å². The highest BCUT2D eigenvalue weighted by atomic mass is 32.2. The maximum Gasteiger partial charge on any atom is 0.267 e. The van der Waals surface area contributed by atoms with Gasteiger partial charge in [-0.3, -0.25) is 24.2 Å². The summed E-state index contributed by atoms with van der Waals surface area (Å²) in [4.78, 5) is 43.3. The van der Waals surface area contributed by atoms with Crippen LogP contribution >= 0.6 is 24.0 Å². The number of rotatable bonds is 10. The Labute approximate surface area is 222 Å². The number of amides is 3. The van der Waals surface area contributed by atoms with Crippen LogP contribution in [0.25, 0.3) is 5.57 Å². The molecule has 2 heterocycles. The molecule has 0 aromatic heterocycles. The average Bonchev–Trinajstić information content (AvgIpc) is 3.32. The van der Waals surface area contributed by atoms with Gasteiger partial charge in [-0.25, -0.2) is 0 Å². The quantitative estimate of drug-likeness (QED) is 0.346. The molecule has 0 spiro atoms. The summed E-state index contributed by atoms with van der Waals surface area (Å²) >= 11 is 6.76. The molecule has 3 amide bonds. The van der Waals surface area contributed by atoms with E-state index in [1.54, 1.807) is 4.90 Å². The molecule has 0 bridgehead atoms. The summed E-state index contributed by atoms with van der Waals surface area (Å²) in [5.41, 5.74) is 2.61. The summed E-state index contributed by atoms with van der Waals surface area (Å²) in [7, 11) is 0. The maximum atomic E-state index is 13.6. The van der Waals surface area contributed by atoms with Gasteiger partial charge < -0.3 is 5.32 Å². The van der Waals surface area contributed by atoms with Gasteiger partial charge in [0.1, 0.15) is 10.9 Å². The Morgan fingerprint density at radius 3 is 2.44 bits per heavy atom. The van der Waals surface area contributed by atoms with Crippen LogP contribution in [-0.4, -0.2) is 40.0 Å². The molecule has 36 heavy (non-hydrogen) atoms. The molecule has 1 atom stereocenters. The van der Waals surface area contributed by atoms with Gasteiger partial charge in [0.15, 0.2) is 0 Å². The molecule has 1 fully saturated rings. The fourth-order valence-corrected chi connectivity index (χ4v) is 5.88. The highest BCUT2D eigenvalue weighted by molar-refractivity contribution is 8.26. The molecule has 2 aliphatic rings. The van der Waals surface area contributed by atoms with Crippen LogP contribution in [0, 0.1) is 5.92 Å². The third-order valence-electron chi connectivity index (χ3n) is 6.62. The number of benzene rings is 2. The van der Waals surface area contributed by atoms with Gasteiger partial charge in [-0.05, 0) is 24.0 Å². The molecule has 2 aromatic rings. The number of para-hydroxylation sites is 1. The molecule has 4 rings (SSSR count). The molecule has 1 saturated heterocycles. The van der Waals surface area contributed by atoms with Gasteiger partial charge in [0, 0.05) is 18.7 Å². The van der Waals surface area contributed by atoms with Crippen LogP contribution in [0.4, 0.5) is 5.69 Å². The Morgan fingerprint density at radius 2 is 1.72 bits per heavy atom. The predicted octanol–water partition coefficient (Wildman–Crippen LogP) is 5.14. The molecule has 2 aliphatic heterocycles. The highest BCUT2D eigenvalue weighted by Gasteiger charge is 2.42. The van der Waals surface area contributed by atoms with E-state index in [2.05, 4.69) is 19.2 Å². The summed E-state index contributed by atoms with van der Waals surface area (Å²) in [6, 6.07) is 16.9. The summed E-state index contributed by atoms with van der Waals surface area (Å²) in [5.74, 6) is -0.455. The molecule has 0 saturated carbocycles. The minimum atomic E-state index is -0.343. The number of fused-ring (bicyclic) bond motifs is 1. The van der Waals surface area contributed by atoms with Crippen molar-refractivity contribution in [2.45, 2.75) is 46.1 Å². The topological polar surface area (TPSA) is 69.7 Å². The van der Waals surface area contributed by atoms with E-state index in [4.69, 9.17) is 12.2 Å². The number of hydrogen-bond donors (Lipinski definition) is 1. The second kappa shape index (κ2) is 11.8. The van der Waals surface area contributed by atoms with E-state index < -0.39 is 0 Å². The normalized spacial score (nSPS) is 18.1. The lowest BCUT2D eigenvalue weighted by Crippen LogP contribution is -2.38. The van der Waals surface area contributed by atoms with Crippen molar-refractivity contribution in [3.8, 4) is 0 Å². The average molecular weight is 522 g/mol. The Hall–Kier alpha value is -2.97. The smallest absolute Gasteiger partial charge is 0.267 e. The number of carbonyl (C=O) groups is 3. The molecule has 0 aliphatic carbocycles. The molecule has 1 N–H and O–H groups in total. The number of nitrogens with one attached hydrogen (secondary N) is 1. The van der Waals surface area contributed by atoms with Gasteiger partial charge in [0.25, 0.3) is 11.8 Å². The minimum absolute atomic E-state index is 0.124. The first-order valence-corrected chi connectivity index (χ1v) is 13.7. The number of thiocarbonyl (C=S) groups is 1. The van der Waals surface area contributed by atoms with Gasteiger partial charge in [-0.15, -0.1) is 0 Å². The van der Waals surface area contributed by atoms with E-state index in [9.17, 15) is 14.4 Å². The fourth-order valence-electron chi connectivity index (χ4n) is 4.53.